The number of thiazole rings is 1. The molecule has 2 N–H and O–H groups in total. The van der Waals surface area contributed by atoms with E-state index < -0.39 is 0 Å². The maximum atomic E-state index is 12.5. The Morgan fingerprint density at radius 3 is 2.96 bits per heavy atom. The fourth-order valence-electron chi connectivity index (χ4n) is 2.18. The number of nitrogens with zero attached hydrogens (tertiary/aromatic N) is 2. The molecule has 0 aliphatic carbocycles. The minimum atomic E-state index is -0.204. The molecule has 0 unspecified atom stereocenters. The van der Waals surface area contributed by atoms with Gasteiger partial charge in [0.05, 0.1) is 28.1 Å². The lowest BCUT2D eigenvalue weighted by Crippen LogP contribution is -2.13. The standard InChI is InChI=1S/C15H16N4O2S2/c1-4-21-9-5-6-10-11(7-9)22-15(17-10)18-13(20)12-8(2)19-23-14(12)16-3/h5-7,16H,4H2,1-3H3,(H,17,18,20). The Hall–Kier alpha value is -2.19. The number of hydrogen-bond acceptors (Lipinski definition) is 7. The van der Waals surface area contributed by atoms with Crippen molar-refractivity contribution in [2.24, 2.45) is 0 Å². The Bertz CT molecular complexity index is 856. The van der Waals surface area contributed by atoms with E-state index in [-0.39, 0.29) is 5.91 Å². The Morgan fingerprint density at radius 2 is 2.22 bits per heavy atom. The van der Waals surface area contributed by atoms with Crippen molar-refractivity contribution in [2.45, 2.75) is 13.8 Å². The van der Waals surface area contributed by atoms with Crippen molar-refractivity contribution in [1.82, 2.24) is 9.36 Å². The van der Waals surface area contributed by atoms with E-state index in [1.165, 1.54) is 22.9 Å². The second-order valence-electron chi connectivity index (χ2n) is 4.76. The van der Waals surface area contributed by atoms with Gasteiger partial charge in [0.1, 0.15) is 10.8 Å². The topological polar surface area (TPSA) is 76.1 Å². The minimum absolute atomic E-state index is 0.204. The molecule has 0 fully saturated rings. The van der Waals surface area contributed by atoms with Crippen LogP contribution in [0.3, 0.4) is 0 Å². The molecule has 0 aliphatic heterocycles. The molecule has 0 radical (unpaired) electrons. The fraction of sp³-hybridized carbons (Fsp3) is 0.267. The van der Waals surface area contributed by atoms with Crippen LogP contribution in [-0.2, 0) is 0 Å². The molecule has 23 heavy (non-hydrogen) atoms. The van der Waals surface area contributed by atoms with Gasteiger partial charge in [-0.1, -0.05) is 11.3 Å². The third-order valence-corrected chi connectivity index (χ3v) is 5.10. The maximum Gasteiger partial charge on any atom is 0.262 e. The molecule has 0 saturated carbocycles. The van der Waals surface area contributed by atoms with Gasteiger partial charge in [0.25, 0.3) is 5.91 Å². The van der Waals surface area contributed by atoms with E-state index in [0.717, 1.165) is 21.0 Å². The summed E-state index contributed by atoms with van der Waals surface area (Å²) < 4.78 is 10.7. The minimum Gasteiger partial charge on any atom is -0.494 e. The first-order valence-corrected chi connectivity index (χ1v) is 8.70. The van der Waals surface area contributed by atoms with Gasteiger partial charge < -0.3 is 10.1 Å². The highest BCUT2D eigenvalue weighted by atomic mass is 32.1. The Kier molecular flexibility index (Phi) is 4.44. The molecule has 0 atom stereocenters. The van der Waals surface area contributed by atoms with E-state index in [2.05, 4.69) is 20.0 Å². The molecule has 2 heterocycles. The number of fused-ring (bicyclic) bond motifs is 1. The van der Waals surface area contributed by atoms with Crippen LogP contribution in [-0.4, -0.2) is 28.9 Å². The molecular formula is C15H16N4O2S2. The van der Waals surface area contributed by atoms with E-state index in [9.17, 15) is 4.79 Å². The molecule has 0 aliphatic rings. The first-order valence-electron chi connectivity index (χ1n) is 7.11. The number of nitrogens with one attached hydrogen (secondary N) is 2. The summed E-state index contributed by atoms with van der Waals surface area (Å²) in [6, 6.07) is 5.70. The third kappa shape index (κ3) is 3.13. The molecule has 120 valence electrons. The molecule has 0 bridgehead atoms. The van der Waals surface area contributed by atoms with Gasteiger partial charge in [-0.25, -0.2) is 4.98 Å². The smallest absolute Gasteiger partial charge is 0.262 e. The SMILES string of the molecule is CCOc1ccc2nc(NC(=O)c3c(C)nsc3NC)sc2c1. The van der Waals surface area contributed by atoms with Crippen molar-refractivity contribution in [3.05, 3.63) is 29.5 Å². The molecule has 3 rings (SSSR count). The summed E-state index contributed by atoms with van der Waals surface area (Å²) in [4.78, 5) is 16.9. The second kappa shape index (κ2) is 6.51. The van der Waals surface area contributed by atoms with Crippen LogP contribution in [0.5, 0.6) is 5.75 Å². The molecule has 2 aromatic heterocycles. The summed E-state index contributed by atoms with van der Waals surface area (Å²) in [5, 5.41) is 7.16. The largest absolute Gasteiger partial charge is 0.494 e. The average molecular weight is 348 g/mol. The van der Waals surface area contributed by atoms with E-state index >= 15 is 0 Å². The number of aryl methyl sites for hydroxylation is 1. The van der Waals surface area contributed by atoms with Crippen LogP contribution in [0.1, 0.15) is 23.0 Å². The van der Waals surface area contributed by atoms with Gasteiger partial charge >= 0.3 is 0 Å². The van der Waals surface area contributed by atoms with Crippen LogP contribution < -0.4 is 15.4 Å². The summed E-state index contributed by atoms with van der Waals surface area (Å²) in [5.74, 6) is 0.599. The number of amides is 1. The molecule has 0 saturated heterocycles. The Balaban J connectivity index is 1.86. The van der Waals surface area contributed by atoms with Crippen molar-refractivity contribution in [1.29, 1.82) is 0 Å². The molecule has 3 aromatic rings. The number of benzene rings is 1. The van der Waals surface area contributed by atoms with E-state index in [1.807, 2.05) is 32.0 Å². The van der Waals surface area contributed by atoms with Crippen LogP contribution in [0.15, 0.2) is 18.2 Å². The summed E-state index contributed by atoms with van der Waals surface area (Å²) in [6.45, 7) is 4.38. The number of anilines is 2. The zero-order chi connectivity index (χ0) is 16.4. The van der Waals surface area contributed by atoms with Gasteiger partial charge in [-0.2, -0.15) is 4.37 Å². The lowest BCUT2D eigenvalue weighted by molar-refractivity contribution is 0.102. The van der Waals surface area contributed by atoms with Crippen molar-refractivity contribution >= 4 is 49.1 Å². The van der Waals surface area contributed by atoms with Crippen molar-refractivity contribution in [3.8, 4) is 5.75 Å². The van der Waals surface area contributed by atoms with Crippen LogP contribution in [0.25, 0.3) is 10.2 Å². The number of carbonyl (C=O) groups is 1. The number of carbonyl (C=O) groups excluding carboxylic acids is 1. The predicted octanol–water partition coefficient (Wildman–Crippen LogP) is 3.75. The summed E-state index contributed by atoms with van der Waals surface area (Å²) in [7, 11) is 1.77. The summed E-state index contributed by atoms with van der Waals surface area (Å²) in [5.41, 5.74) is 2.10. The molecule has 1 amide bonds. The molecular weight excluding hydrogens is 332 g/mol. The fourth-order valence-corrected chi connectivity index (χ4v) is 3.81. The predicted molar refractivity (Wildman–Crippen MR) is 95.1 cm³/mol. The van der Waals surface area contributed by atoms with Gasteiger partial charge in [0.2, 0.25) is 0 Å². The van der Waals surface area contributed by atoms with E-state index in [4.69, 9.17) is 4.74 Å². The number of ether oxygens (including phenoxy) is 1. The van der Waals surface area contributed by atoms with Crippen LogP contribution >= 0.6 is 22.9 Å². The number of rotatable bonds is 5. The van der Waals surface area contributed by atoms with Crippen LogP contribution in [0.4, 0.5) is 10.1 Å². The Morgan fingerprint density at radius 1 is 1.39 bits per heavy atom. The lowest BCUT2D eigenvalue weighted by atomic mass is 10.2. The van der Waals surface area contributed by atoms with Gasteiger partial charge in [0.15, 0.2) is 5.13 Å². The van der Waals surface area contributed by atoms with Gasteiger partial charge in [-0.05, 0) is 43.6 Å². The molecule has 8 heteroatoms. The molecule has 1 aromatic carbocycles. The highest BCUT2D eigenvalue weighted by Crippen LogP contribution is 2.31. The number of hydrogen-bond donors (Lipinski definition) is 2. The molecule has 0 spiro atoms. The van der Waals surface area contributed by atoms with Crippen molar-refractivity contribution in [3.63, 3.8) is 0 Å². The first kappa shape index (κ1) is 15.7. The van der Waals surface area contributed by atoms with Crippen molar-refractivity contribution < 1.29 is 9.53 Å². The van der Waals surface area contributed by atoms with Crippen LogP contribution in [0, 0.1) is 6.92 Å². The quantitative estimate of drug-likeness (QED) is 0.734. The molecule has 6 nitrogen and oxygen atoms in total. The highest BCUT2D eigenvalue weighted by molar-refractivity contribution is 7.22. The van der Waals surface area contributed by atoms with E-state index in [0.29, 0.717) is 23.0 Å². The average Bonchev–Trinajstić information content (AvgIpc) is 3.09. The van der Waals surface area contributed by atoms with E-state index in [1.54, 1.807) is 7.05 Å². The third-order valence-electron chi connectivity index (χ3n) is 3.21. The highest BCUT2D eigenvalue weighted by Gasteiger charge is 2.19. The maximum absolute atomic E-state index is 12.5. The van der Waals surface area contributed by atoms with Gasteiger partial charge in [-0.3, -0.25) is 10.1 Å². The van der Waals surface area contributed by atoms with Crippen molar-refractivity contribution in [2.75, 3.05) is 24.3 Å². The summed E-state index contributed by atoms with van der Waals surface area (Å²) >= 11 is 2.69. The number of aromatic nitrogens is 2. The monoisotopic (exact) mass is 348 g/mol. The zero-order valence-corrected chi connectivity index (χ0v) is 14.6. The summed E-state index contributed by atoms with van der Waals surface area (Å²) in [6.07, 6.45) is 0. The normalized spacial score (nSPS) is 10.7. The first-order chi connectivity index (χ1) is 11.1. The van der Waals surface area contributed by atoms with Gasteiger partial charge in [0, 0.05) is 7.05 Å². The van der Waals surface area contributed by atoms with Gasteiger partial charge in [-0.15, -0.1) is 0 Å². The zero-order valence-electron chi connectivity index (χ0n) is 13.0. The Labute approximate surface area is 141 Å². The van der Waals surface area contributed by atoms with Crippen LogP contribution in [0.2, 0.25) is 0 Å². The lowest BCUT2D eigenvalue weighted by Gasteiger charge is -2.03. The second-order valence-corrected chi connectivity index (χ2v) is 6.56.